The molecule has 0 bridgehead atoms. The first-order valence-electron chi connectivity index (χ1n) is 8.67. The Labute approximate surface area is 147 Å². The molecule has 0 unspecified atom stereocenters. The molecule has 6 nitrogen and oxygen atoms in total. The monoisotopic (exact) mass is 365 g/mol. The van der Waals surface area contributed by atoms with Gasteiger partial charge in [0.15, 0.2) is 16.4 Å². The first kappa shape index (κ1) is 17.9. The first-order valence-corrected chi connectivity index (χ1v) is 10.5. The number of nitrogens with one attached hydrogen (secondary N) is 1. The summed E-state index contributed by atoms with van der Waals surface area (Å²) in [6, 6.07) is 5.69. The highest BCUT2D eigenvalue weighted by molar-refractivity contribution is 7.91. The maximum absolute atomic E-state index is 11.9. The molecule has 3 rings (SSSR count). The number of amides is 1. The second kappa shape index (κ2) is 7.56. The Hall–Kier alpha value is -1.89. The van der Waals surface area contributed by atoms with Crippen LogP contribution in [0.2, 0.25) is 0 Å². The molecule has 1 atom stereocenters. The van der Waals surface area contributed by atoms with Crippen LogP contribution in [0.4, 0.5) is 0 Å². The molecule has 0 aromatic heterocycles. The summed E-state index contributed by atoms with van der Waals surface area (Å²) in [5, 5.41) is 2.60. The zero-order valence-electron chi connectivity index (χ0n) is 14.1. The van der Waals surface area contributed by atoms with Crippen LogP contribution >= 0.6 is 0 Å². The number of hydrogen-bond donors (Lipinski definition) is 1. The van der Waals surface area contributed by atoms with E-state index in [4.69, 9.17) is 4.74 Å². The molecule has 0 radical (unpaired) electrons. The molecular weight excluding hydrogens is 342 g/mol. The van der Waals surface area contributed by atoms with Crippen LogP contribution in [0, 0.1) is 0 Å². The summed E-state index contributed by atoms with van der Waals surface area (Å²) in [5.41, 5.74) is 3.55. The summed E-state index contributed by atoms with van der Waals surface area (Å²) in [4.78, 5) is 23.7. The number of rotatable bonds is 5. The van der Waals surface area contributed by atoms with Crippen molar-refractivity contribution in [1.82, 2.24) is 5.32 Å². The molecule has 1 saturated heterocycles. The number of ether oxygens (including phenoxy) is 1. The van der Waals surface area contributed by atoms with E-state index in [2.05, 4.69) is 17.4 Å². The van der Waals surface area contributed by atoms with Crippen LogP contribution in [-0.2, 0) is 43.4 Å². The molecule has 0 spiro atoms. The molecule has 1 aromatic carbocycles. The van der Waals surface area contributed by atoms with Gasteiger partial charge in [-0.05, 0) is 48.8 Å². The highest BCUT2D eigenvalue weighted by atomic mass is 32.2. The Morgan fingerprint density at radius 1 is 1.16 bits per heavy atom. The number of esters is 1. The van der Waals surface area contributed by atoms with Crippen molar-refractivity contribution in [2.75, 3.05) is 18.1 Å². The smallest absolute Gasteiger partial charge is 0.310 e. The van der Waals surface area contributed by atoms with E-state index in [0.29, 0.717) is 6.42 Å². The molecule has 1 aromatic rings. The van der Waals surface area contributed by atoms with E-state index < -0.39 is 21.7 Å². The van der Waals surface area contributed by atoms with Crippen molar-refractivity contribution >= 4 is 21.7 Å². The summed E-state index contributed by atoms with van der Waals surface area (Å²) in [6.07, 6.45) is 5.08. The van der Waals surface area contributed by atoms with Crippen molar-refractivity contribution in [2.45, 2.75) is 44.6 Å². The van der Waals surface area contributed by atoms with E-state index in [9.17, 15) is 18.0 Å². The Bertz CT molecular complexity index is 772. The van der Waals surface area contributed by atoms with Gasteiger partial charge in [-0.15, -0.1) is 0 Å². The van der Waals surface area contributed by atoms with Crippen molar-refractivity contribution < 1.29 is 22.7 Å². The van der Waals surface area contributed by atoms with Crippen LogP contribution in [0.3, 0.4) is 0 Å². The lowest BCUT2D eigenvalue weighted by Gasteiger charge is -2.16. The molecule has 25 heavy (non-hydrogen) atoms. The fourth-order valence-electron chi connectivity index (χ4n) is 3.44. The minimum absolute atomic E-state index is 0.0399. The van der Waals surface area contributed by atoms with Gasteiger partial charge >= 0.3 is 5.97 Å². The van der Waals surface area contributed by atoms with Crippen LogP contribution < -0.4 is 5.32 Å². The number of sulfone groups is 1. The highest BCUT2D eigenvalue weighted by Crippen LogP contribution is 2.22. The third-order valence-corrected chi connectivity index (χ3v) is 6.49. The third kappa shape index (κ3) is 5.04. The summed E-state index contributed by atoms with van der Waals surface area (Å²) < 4.78 is 27.7. The van der Waals surface area contributed by atoms with E-state index in [1.165, 1.54) is 24.0 Å². The first-order chi connectivity index (χ1) is 11.9. The van der Waals surface area contributed by atoms with Gasteiger partial charge in [0.05, 0.1) is 17.9 Å². The molecule has 1 amide bonds. The van der Waals surface area contributed by atoms with Gasteiger partial charge in [0.2, 0.25) is 0 Å². The standard InChI is InChI=1S/C18H23NO5S/c20-17(19-16-7-8-25(22,23)12-16)11-24-18(21)10-13-5-6-14-3-1-2-4-15(14)9-13/h5-6,9,16H,1-4,7-8,10-12H2,(H,19,20)/t16-/m0/s1. The van der Waals surface area contributed by atoms with Crippen LogP contribution in [0.15, 0.2) is 18.2 Å². The Morgan fingerprint density at radius 3 is 2.64 bits per heavy atom. The number of fused-ring (bicyclic) bond motifs is 1. The normalized spacial score (nSPS) is 21.4. The fourth-order valence-corrected chi connectivity index (χ4v) is 5.11. The average molecular weight is 365 g/mol. The minimum atomic E-state index is -3.04. The molecule has 1 aliphatic carbocycles. The second-order valence-electron chi connectivity index (χ2n) is 6.82. The Balaban J connectivity index is 1.44. The molecule has 2 aliphatic rings. The zero-order chi connectivity index (χ0) is 17.9. The predicted molar refractivity (Wildman–Crippen MR) is 92.9 cm³/mol. The Kier molecular flexibility index (Phi) is 5.42. The number of carbonyl (C=O) groups excluding carboxylic acids is 2. The molecule has 1 fully saturated rings. The van der Waals surface area contributed by atoms with Gasteiger partial charge in [-0.25, -0.2) is 8.42 Å². The van der Waals surface area contributed by atoms with Crippen molar-refractivity contribution in [3.63, 3.8) is 0 Å². The molecule has 1 heterocycles. The van der Waals surface area contributed by atoms with Gasteiger partial charge in [0.25, 0.3) is 5.91 Å². The van der Waals surface area contributed by atoms with Gasteiger partial charge < -0.3 is 10.1 Å². The largest absolute Gasteiger partial charge is 0.455 e. The SMILES string of the molecule is O=C(COC(=O)Cc1ccc2c(c1)CCCC2)N[C@H]1CCS(=O)(=O)C1. The van der Waals surface area contributed by atoms with Crippen molar-refractivity contribution in [3.8, 4) is 0 Å². The number of hydrogen-bond acceptors (Lipinski definition) is 5. The minimum Gasteiger partial charge on any atom is -0.455 e. The van der Waals surface area contributed by atoms with E-state index in [-0.39, 0.29) is 30.6 Å². The third-order valence-electron chi connectivity index (χ3n) is 4.72. The van der Waals surface area contributed by atoms with Crippen LogP contribution in [-0.4, -0.2) is 44.4 Å². The van der Waals surface area contributed by atoms with Gasteiger partial charge in [0.1, 0.15) is 0 Å². The fraction of sp³-hybridized carbons (Fsp3) is 0.556. The van der Waals surface area contributed by atoms with Crippen molar-refractivity contribution in [3.05, 3.63) is 34.9 Å². The van der Waals surface area contributed by atoms with E-state index in [1.807, 2.05) is 6.07 Å². The van der Waals surface area contributed by atoms with Gasteiger partial charge in [-0.3, -0.25) is 9.59 Å². The topological polar surface area (TPSA) is 89.5 Å². The number of aryl methyl sites for hydroxylation is 2. The lowest BCUT2D eigenvalue weighted by molar-refractivity contribution is -0.148. The molecule has 7 heteroatoms. The molecular formula is C18H23NO5S. The van der Waals surface area contributed by atoms with Crippen molar-refractivity contribution in [1.29, 1.82) is 0 Å². The second-order valence-corrected chi connectivity index (χ2v) is 9.04. The molecule has 0 saturated carbocycles. The number of benzene rings is 1. The van der Waals surface area contributed by atoms with E-state index in [0.717, 1.165) is 18.4 Å². The molecule has 1 N–H and O–H groups in total. The van der Waals surface area contributed by atoms with E-state index >= 15 is 0 Å². The quantitative estimate of drug-likeness (QED) is 0.785. The van der Waals surface area contributed by atoms with Crippen LogP contribution in [0.5, 0.6) is 0 Å². The lowest BCUT2D eigenvalue weighted by atomic mass is 9.90. The summed E-state index contributed by atoms with van der Waals surface area (Å²) in [5.74, 6) is -0.858. The highest BCUT2D eigenvalue weighted by Gasteiger charge is 2.29. The van der Waals surface area contributed by atoms with Crippen LogP contribution in [0.25, 0.3) is 0 Å². The number of carbonyl (C=O) groups is 2. The lowest BCUT2D eigenvalue weighted by Crippen LogP contribution is -2.38. The average Bonchev–Trinajstić information content (AvgIpc) is 2.91. The van der Waals surface area contributed by atoms with Gasteiger partial charge in [-0.1, -0.05) is 18.2 Å². The molecule has 136 valence electrons. The van der Waals surface area contributed by atoms with E-state index in [1.54, 1.807) is 0 Å². The Morgan fingerprint density at radius 2 is 1.92 bits per heavy atom. The van der Waals surface area contributed by atoms with Crippen LogP contribution in [0.1, 0.15) is 36.0 Å². The predicted octanol–water partition coefficient (Wildman–Crippen LogP) is 0.954. The summed E-state index contributed by atoms with van der Waals surface area (Å²) >= 11 is 0. The van der Waals surface area contributed by atoms with Gasteiger partial charge in [-0.2, -0.15) is 0 Å². The maximum Gasteiger partial charge on any atom is 0.310 e. The van der Waals surface area contributed by atoms with Gasteiger partial charge in [0, 0.05) is 6.04 Å². The summed E-state index contributed by atoms with van der Waals surface area (Å²) in [7, 11) is -3.04. The zero-order valence-corrected chi connectivity index (χ0v) is 14.9. The summed E-state index contributed by atoms with van der Waals surface area (Å²) in [6.45, 7) is -0.375. The van der Waals surface area contributed by atoms with Crippen molar-refractivity contribution in [2.24, 2.45) is 0 Å². The maximum atomic E-state index is 11.9. The molecule has 1 aliphatic heterocycles.